The van der Waals surface area contributed by atoms with Crippen molar-refractivity contribution in [3.05, 3.63) is 10.7 Å². The number of hydrogen-bond donors (Lipinski definition) is 2. The molecule has 0 bridgehead atoms. The van der Waals surface area contributed by atoms with E-state index in [9.17, 15) is 0 Å². The Kier molecular flexibility index (Phi) is 2.58. The van der Waals surface area contributed by atoms with E-state index in [2.05, 4.69) is 22.4 Å². The lowest BCUT2D eigenvalue weighted by Crippen LogP contribution is -1.88. The molecule has 0 saturated heterocycles. The number of rotatable bonds is 3. The van der Waals surface area contributed by atoms with Gasteiger partial charge in [-0.25, -0.2) is 5.10 Å². The van der Waals surface area contributed by atoms with Gasteiger partial charge in [-0.15, -0.1) is 5.10 Å². The Morgan fingerprint density at radius 3 is 3.00 bits per heavy atom. The number of aryl methyl sites for hydroxylation is 1. The molecule has 1 aromatic heterocycles. The van der Waals surface area contributed by atoms with Crippen LogP contribution in [-0.4, -0.2) is 21.9 Å². The third-order valence-electron chi connectivity index (χ3n) is 1.03. The van der Waals surface area contributed by atoms with E-state index >= 15 is 0 Å². The molecule has 2 N–H and O–H groups in total. The van der Waals surface area contributed by atoms with E-state index in [0.717, 1.165) is 0 Å². The average molecular weight is 160 g/mol. The van der Waals surface area contributed by atoms with E-state index in [0.29, 0.717) is 18.7 Å². The zero-order valence-corrected chi connectivity index (χ0v) is 6.15. The van der Waals surface area contributed by atoms with Gasteiger partial charge < -0.3 is 9.52 Å². The van der Waals surface area contributed by atoms with Crippen molar-refractivity contribution in [3.63, 3.8) is 0 Å². The van der Waals surface area contributed by atoms with Crippen LogP contribution in [0.25, 0.3) is 0 Å². The van der Waals surface area contributed by atoms with E-state index in [1.165, 1.54) is 0 Å². The zero-order valence-electron chi connectivity index (χ0n) is 5.33. The molecule has 4 nitrogen and oxygen atoms in total. The predicted molar refractivity (Wildman–Crippen MR) is 37.1 cm³/mol. The first kappa shape index (κ1) is 7.43. The van der Waals surface area contributed by atoms with E-state index in [4.69, 9.17) is 9.52 Å². The molecule has 0 atom stereocenters. The molecule has 1 aromatic rings. The van der Waals surface area contributed by atoms with Gasteiger partial charge in [0, 0.05) is 13.0 Å². The summed E-state index contributed by atoms with van der Waals surface area (Å²) in [6.45, 7) is 0.148. The Morgan fingerprint density at radius 1 is 1.70 bits per heavy atom. The highest BCUT2D eigenvalue weighted by molar-refractivity contribution is 7.71. The van der Waals surface area contributed by atoms with Gasteiger partial charge in [0.2, 0.25) is 5.89 Å². The van der Waals surface area contributed by atoms with Gasteiger partial charge in [-0.2, -0.15) is 0 Å². The summed E-state index contributed by atoms with van der Waals surface area (Å²) in [7, 11) is 0. The van der Waals surface area contributed by atoms with E-state index in [-0.39, 0.29) is 11.4 Å². The number of aromatic nitrogens is 2. The SMILES string of the molecule is OCCCc1n[nH]c(=S)o1. The van der Waals surface area contributed by atoms with Gasteiger partial charge in [-0.1, -0.05) is 0 Å². The fourth-order valence-corrected chi connectivity index (χ4v) is 0.740. The molecular formula is C5H8N2O2S. The van der Waals surface area contributed by atoms with Crippen LogP contribution in [0.4, 0.5) is 0 Å². The van der Waals surface area contributed by atoms with E-state index in [1.54, 1.807) is 0 Å². The first-order valence-corrected chi connectivity index (χ1v) is 3.39. The van der Waals surface area contributed by atoms with Crippen molar-refractivity contribution in [3.8, 4) is 0 Å². The summed E-state index contributed by atoms with van der Waals surface area (Å²) in [6.07, 6.45) is 1.28. The minimum Gasteiger partial charge on any atom is -0.414 e. The standard InChI is InChI=1S/C5H8N2O2S/c8-3-1-2-4-6-7-5(10)9-4/h8H,1-3H2,(H,7,10). The summed E-state index contributed by atoms with van der Waals surface area (Å²) in [5.74, 6) is 0.555. The highest BCUT2D eigenvalue weighted by Crippen LogP contribution is 1.97. The second kappa shape index (κ2) is 3.48. The monoisotopic (exact) mass is 160 g/mol. The van der Waals surface area contributed by atoms with Crippen molar-refractivity contribution in [1.82, 2.24) is 10.2 Å². The first-order chi connectivity index (χ1) is 4.83. The molecule has 0 saturated carbocycles. The van der Waals surface area contributed by atoms with Gasteiger partial charge in [0.1, 0.15) is 0 Å². The molecule has 0 aliphatic heterocycles. The highest BCUT2D eigenvalue weighted by Gasteiger charge is 1.96. The maximum Gasteiger partial charge on any atom is 0.284 e. The van der Waals surface area contributed by atoms with Crippen molar-refractivity contribution < 1.29 is 9.52 Å². The Hall–Kier alpha value is -0.680. The summed E-state index contributed by atoms with van der Waals surface area (Å²) in [5, 5.41) is 14.7. The van der Waals surface area contributed by atoms with Crippen LogP contribution >= 0.6 is 12.2 Å². The van der Waals surface area contributed by atoms with Crippen molar-refractivity contribution in [1.29, 1.82) is 0 Å². The van der Waals surface area contributed by atoms with E-state index < -0.39 is 0 Å². The maximum absolute atomic E-state index is 8.43. The quantitative estimate of drug-likeness (QED) is 0.637. The Labute approximate surface area is 62.9 Å². The van der Waals surface area contributed by atoms with Crippen LogP contribution in [0.2, 0.25) is 0 Å². The second-order valence-electron chi connectivity index (χ2n) is 1.83. The molecule has 10 heavy (non-hydrogen) atoms. The van der Waals surface area contributed by atoms with Gasteiger partial charge in [0.15, 0.2) is 0 Å². The predicted octanol–water partition coefficient (Wildman–Crippen LogP) is 0.657. The molecule has 0 amide bonds. The van der Waals surface area contributed by atoms with Crippen LogP contribution in [0.5, 0.6) is 0 Å². The molecule has 0 radical (unpaired) electrons. The Bertz CT molecular complexity index is 242. The van der Waals surface area contributed by atoms with E-state index in [1.807, 2.05) is 0 Å². The molecular weight excluding hydrogens is 152 g/mol. The number of H-pyrrole nitrogens is 1. The summed E-state index contributed by atoms with van der Waals surface area (Å²) in [6, 6.07) is 0. The van der Waals surface area contributed by atoms with Crippen molar-refractivity contribution in [2.24, 2.45) is 0 Å². The second-order valence-corrected chi connectivity index (χ2v) is 2.20. The molecule has 1 heterocycles. The molecule has 0 aromatic carbocycles. The normalized spacial score (nSPS) is 10.1. The third-order valence-corrected chi connectivity index (χ3v) is 1.21. The summed E-state index contributed by atoms with van der Waals surface area (Å²) < 4.78 is 4.92. The number of nitrogens with one attached hydrogen (secondary N) is 1. The fraction of sp³-hybridized carbons (Fsp3) is 0.600. The van der Waals surface area contributed by atoms with Crippen molar-refractivity contribution in [2.45, 2.75) is 12.8 Å². The van der Waals surface area contributed by atoms with Gasteiger partial charge >= 0.3 is 0 Å². The van der Waals surface area contributed by atoms with Gasteiger partial charge in [-0.05, 0) is 18.6 Å². The number of aromatic amines is 1. The molecule has 5 heteroatoms. The number of hydrogen-bond acceptors (Lipinski definition) is 4. The number of aliphatic hydroxyl groups excluding tert-OH is 1. The van der Waals surface area contributed by atoms with Gasteiger partial charge in [-0.3, -0.25) is 0 Å². The molecule has 0 spiro atoms. The smallest absolute Gasteiger partial charge is 0.284 e. The molecule has 0 aliphatic carbocycles. The molecule has 1 rings (SSSR count). The van der Waals surface area contributed by atoms with Crippen LogP contribution in [0.1, 0.15) is 12.3 Å². The van der Waals surface area contributed by atoms with Crippen LogP contribution in [0, 0.1) is 4.84 Å². The van der Waals surface area contributed by atoms with Crippen LogP contribution in [0.15, 0.2) is 4.42 Å². The number of nitrogens with zero attached hydrogens (tertiary/aromatic N) is 1. The van der Waals surface area contributed by atoms with Crippen molar-refractivity contribution >= 4 is 12.2 Å². The lowest BCUT2D eigenvalue weighted by Gasteiger charge is -1.87. The molecule has 0 unspecified atom stereocenters. The first-order valence-electron chi connectivity index (χ1n) is 2.98. The Balaban J connectivity index is 2.50. The average Bonchev–Trinajstić information content (AvgIpc) is 2.31. The van der Waals surface area contributed by atoms with Crippen LogP contribution in [-0.2, 0) is 6.42 Å². The summed E-state index contributed by atoms with van der Waals surface area (Å²) in [4.78, 5) is 0.285. The fourth-order valence-electron chi connectivity index (χ4n) is 0.598. The topological polar surface area (TPSA) is 62.1 Å². The lowest BCUT2D eigenvalue weighted by atomic mass is 10.3. The Morgan fingerprint density at radius 2 is 2.50 bits per heavy atom. The highest BCUT2D eigenvalue weighted by atomic mass is 32.1. The summed E-state index contributed by atoms with van der Waals surface area (Å²) in [5.41, 5.74) is 0. The van der Waals surface area contributed by atoms with Crippen molar-refractivity contribution in [2.75, 3.05) is 6.61 Å². The summed E-state index contributed by atoms with van der Waals surface area (Å²) >= 11 is 4.64. The maximum atomic E-state index is 8.43. The van der Waals surface area contributed by atoms with Gasteiger partial charge in [0.25, 0.3) is 4.84 Å². The lowest BCUT2D eigenvalue weighted by molar-refractivity contribution is 0.283. The van der Waals surface area contributed by atoms with Gasteiger partial charge in [0.05, 0.1) is 0 Å². The zero-order chi connectivity index (χ0) is 7.40. The molecule has 56 valence electrons. The third kappa shape index (κ3) is 1.93. The molecule has 0 fully saturated rings. The minimum absolute atomic E-state index is 0.148. The van der Waals surface area contributed by atoms with Crippen LogP contribution in [0.3, 0.4) is 0 Å². The molecule has 0 aliphatic rings. The largest absolute Gasteiger partial charge is 0.414 e. The number of aliphatic hydroxyl groups is 1. The minimum atomic E-state index is 0.148. The van der Waals surface area contributed by atoms with Crippen LogP contribution < -0.4 is 0 Å².